The van der Waals surface area contributed by atoms with Gasteiger partial charge in [-0.3, -0.25) is 4.79 Å². The molecule has 0 saturated carbocycles. The van der Waals surface area contributed by atoms with E-state index in [0.717, 1.165) is 0 Å². The highest BCUT2D eigenvalue weighted by Crippen LogP contribution is 2.26. The normalized spacial score (nSPS) is 10.8. The molecular weight excluding hydrogens is 347 g/mol. The van der Waals surface area contributed by atoms with Crippen LogP contribution in [0.1, 0.15) is 12.5 Å². The van der Waals surface area contributed by atoms with Crippen molar-refractivity contribution in [3.8, 4) is 11.8 Å². The molecule has 0 unspecified atom stereocenters. The van der Waals surface area contributed by atoms with E-state index in [1.54, 1.807) is 30.3 Å². The maximum Gasteiger partial charge on any atom is 0.266 e. The molecule has 0 aliphatic carbocycles. The summed E-state index contributed by atoms with van der Waals surface area (Å²) in [5, 5.41) is 12.6. The molecule has 0 aromatic heterocycles. The van der Waals surface area contributed by atoms with Crippen molar-refractivity contribution in [2.75, 3.05) is 11.9 Å². The van der Waals surface area contributed by atoms with Crippen molar-refractivity contribution in [2.24, 2.45) is 0 Å². The third-order valence-corrected chi connectivity index (χ3v) is 3.61. The summed E-state index contributed by atoms with van der Waals surface area (Å²) in [4.78, 5) is 12.3. The Morgan fingerprint density at radius 1 is 1.29 bits per heavy atom. The minimum absolute atomic E-state index is 0.0619. The van der Waals surface area contributed by atoms with E-state index in [9.17, 15) is 10.1 Å². The fourth-order valence-corrected chi connectivity index (χ4v) is 2.43. The maximum absolute atomic E-state index is 12.3. The summed E-state index contributed by atoms with van der Waals surface area (Å²) in [6.07, 6.45) is 1.48. The summed E-state index contributed by atoms with van der Waals surface area (Å²) in [6, 6.07) is 13.8. The monoisotopic (exact) mass is 360 g/mol. The molecule has 0 bridgehead atoms. The Labute approximate surface area is 150 Å². The molecule has 1 amide bonds. The summed E-state index contributed by atoms with van der Waals surface area (Å²) in [5.41, 5.74) is 0.965. The number of carbonyl (C=O) groups excluding carboxylic acids is 1. The van der Waals surface area contributed by atoms with Crippen molar-refractivity contribution < 1.29 is 9.53 Å². The second-order valence-electron chi connectivity index (χ2n) is 4.72. The maximum atomic E-state index is 12.3. The number of halogens is 2. The minimum Gasteiger partial charge on any atom is -0.493 e. The summed E-state index contributed by atoms with van der Waals surface area (Å²) < 4.78 is 5.49. The van der Waals surface area contributed by atoms with Gasteiger partial charge in [0.2, 0.25) is 0 Å². The van der Waals surface area contributed by atoms with Crippen LogP contribution in [0.2, 0.25) is 10.0 Å². The lowest BCUT2D eigenvalue weighted by Crippen LogP contribution is -2.13. The number of amides is 1. The number of carbonyl (C=O) groups is 1. The van der Waals surface area contributed by atoms with Crippen LogP contribution in [0.4, 0.5) is 5.69 Å². The number of benzene rings is 2. The van der Waals surface area contributed by atoms with E-state index in [-0.39, 0.29) is 5.57 Å². The van der Waals surface area contributed by atoms with Crippen molar-refractivity contribution in [3.63, 3.8) is 0 Å². The van der Waals surface area contributed by atoms with E-state index in [1.165, 1.54) is 12.1 Å². The molecule has 4 nitrogen and oxygen atoms in total. The summed E-state index contributed by atoms with van der Waals surface area (Å²) in [6.45, 7) is 2.35. The van der Waals surface area contributed by atoms with E-state index in [4.69, 9.17) is 27.9 Å². The zero-order chi connectivity index (χ0) is 17.5. The lowest BCUT2D eigenvalue weighted by Gasteiger charge is -2.09. The average molecular weight is 361 g/mol. The predicted octanol–water partition coefficient (Wildman–Crippen LogP) is 4.94. The first-order valence-corrected chi connectivity index (χ1v) is 7.90. The molecule has 24 heavy (non-hydrogen) atoms. The fourth-order valence-electron chi connectivity index (χ4n) is 1.97. The number of nitriles is 1. The quantitative estimate of drug-likeness (QED) is 0.606. The van der Waals surface area contributed by atoms with E-state index in [2.05, 4.69) is 5.32 Å². The van der Waals surface area contributed by atoms with Gasteiger partial charge in [-0.2, -0.15) is 5.26 Å². The van der Waals surface area contributed by atoms with Crippen molar-refractivity contribution in [2.45, 2.75) is 6.92 Å². The number of nitrogens with zero attached hydrogens (tertiary/aromatic N) is 1. The smallest absolute Gasteiger partial charge is 0.266 e. The number of hydrogen-bond acceptors (Lipinski definition) is 3. The molecule has 0 atom stereocenters. The highest BCUT2D eigenvalue weighted by molar-refractivity contribution is 6.36. The SMILES string of the molecule is CCOc1ccccc1/C=C(\C#N)C(=O)Nc1ccc(Cl)cc1Cl. The third kappa shape index (κ3) is 4.51. The van der Waals surface area contributed by atoms with E-state index in [1.807, 2.05) is 19.1 Å². The second kappa shape index (κ2) is 8.39. The van der Waals surface area contributed by atoms with Crippen LogP contribution >= 0.6 is 23.2 Å². The Bertz CT molecular complexity index is 826. The number of nitrogens with one attached hydrogen (secondary N) is 1. The Balaban J connectivity index is 2.28. The molecule has 0 radical (unpaired) electrons. The molecule has 1 N–H and O–H groups in total. The van der Waals surface area contributed by atoms with Gasteiger partial charge < -0.3 is 10.1 Å². The molecule has 2 rings (SSSR count). The van der Waals surface area contributed by atoms with Crippen molar-refractivity contribution in [3.05, 3.63) is 63.6 Å². The molecule has 0 saturated heterocycles. The van der Waals surface area contributed by atoms with Crippen LogP contribution in [0, 0.1) is 11.3 Å². The fraction of sp³-hybridized carbons (Fsp3) is 0.111. The van der Waals surface area contributed by atoms with Crippen LogP contribution in [-0.2, 0) is 4.79 Å². The number of anilines is 1. The first-order chi connectivity index (χ1) is 11.5. The van der Waals surface area contributed by atoms with Gasteiger partial charge in [0, 0.05) is 10.6 Å². The topological polar surface area (TPSA) is 62.1 Å². The van der Waals surface area contributed by atoms with Crippen LogP contribution in [0.3, 0.4) is 0 Å². The van der Waals surface area contributed by atoms with Crippen molar-refractivity contribution in [1.29, 1.82) is 5.26 Å². The molecule has 6 heteroatoms. The standard InChI is InChI=1S/C18H14Cl2N2O2/c1-2-24-17-6-4-3-5-12(17)9-13(11-21)18(23)22-16-8-7-14(19)10-15(16)20/h3-10H,2H2,1H3,(H,22,23)/b13-9+. The van der Waals surface area contributed by atoms with Gasteiger partial charge in [-0.05, 0) is 37.3 Å². The number of ether oxygens (including phenoxy) is 1. The summed E-state index contributed by atoms with van der Waals surface area (Å²) in [5.74, 6) is 0.0399. The second-order valence-corrected chi connectivity index (χ2v) is 5.56. The lowest BCUT2D eigenvalue weighted by atomic mass is 10.1. The van der Waals surface area contributed by atoms with Gasteiger partial charge >= 0.3 is 0 Å². The van der Waals surface area contributed by atoms with Gasteiger partial charge in [0.25, 0.3) is 5.91 Å². The summed E-state index contributed by atoms with van der Waals surface area (Å²) in [7, 11) is 0. The van der Waals surface area contributed by atoms with E-state index >= 15 is 0 Å². The van der Waals surface area contributed by atoms with Crippen molar-refractivity contribution >= 4 is 40.9 Å². The molecule has 0 aliphatic rings. The Kier molecular flexibility index (Phi) is 6.25. The van der Waals surface area contributed by atoms with Crippen LogP contribution in [0.25, 0.3) is 6.08 Å². The molecule has 0 heterocycles. The molecule has 2 aromatic carbocycles. The molecule has 122 valence electrons. The Morgan fingerprint density at radius 3 is 2.71 bits per heavy atom. The molecule has 2 aromatic rings. The first kappa shape index (κ1) is 17.9. The highest BCUT2D eigenvalue weighted by Gasteiger charge is 2.13. The van der Waals surface area contributed by atoms with Crippen LogP contribution in [0.5, 0.6) is 5.75 Å². The van der Waals surface area contributed by atoms with Gasteiger partial charge in [0.1, 0.15) is 17.4 Å². The molecular formula is C18H14Cl2N2O2. The lowest BCUT2D eigenvalue weighted by molar-refractivity contribution is -0.112. The third-order valence-electron chi connectivity index (χ3n) is 3.06. The first-order valence-electron chi connectivity index (χ1n) is 7.15. The Morgan fingerprint density at radius 2 is 2.04 bits per heavy atom. The number of para-hydroxylation sites is 1. The molecule has 0 aliphatic heterocycles. The van der Waals surface area contributed by atoms with Gasteiger partial charge in [-0.15, -0.1) is 0 Å². The molecule has 0 spiro atoms. The van der Waals surface area contributed by atoms with E-state index < -0.39 is 5.91 Å². The van der Waals surface area contributed by atoms with E-state index in [0.29, 0.717) is 33.7 Å². The average Bonchev–Trinajstić information content (AvgIpc) is 2.56. The zero-order valence-corrected chi connectivity index (χ0v) is 14.4. The molecule has 0 fully saturated rings. The van der Waals surface area contributed by atoms with Gasteiger partial charge in [0.15, 0.2) is 0 Å². The van der Waals surface area contributed by atoms with Crippen molar-refractivity contribution in [1.82, 2.24) is 0 Å². The predicted molar refractivity (Wildman–Crippen MR) is 96.3 cm³/mol. The van der Waals surface area contributed by atoms with Gasteiger partial charge in [-0.1, -0.05) is 41.4 Å². The minimum atomic E-state index is -0.562. The highest BCUT2D eigenvalue weighted by atomic mass is 35.5. The van der Waals surface area contributed by atoms with Gasteiger partial charge in [-0.25, -0.2) is 0 Å². The number of rotatable bonds is 5. The van der Waals surface area contributed by atoms with Gasteiger partial charge in [0.05, 0.1) is 17.3 Å². The zero-order valence-electron chi connectivity index (χ0n) is 12.8. The Hall–Kier alpha value is -2.48. The van der Waals surface area contributed by atoms with Crippen LogP contribution in [-0.4, -0.2) is 12.5 Å². The largest absolute Gasteiger partial charge is 0.493 e. The summed E-state index contributed by atoms with van der Waals surface area (Å²) >= 11 is 11.8. The number of hydrogen-bond donors (Lipinski definition) is 1. The van der Waals surface area contributed by atoms with Crippen LogP contribution in [0.15, 0.2) is 48.0 Å². The van der Waals surface area contributed by atoms with Crippen LogP contribution < -0.4 is 10.1 Å².